The first-order valence-electron chi connectivity index (χ1n) is 13.1. The molecule has 2 aromatic carbocycles. The number of unbranched alkanes of at least 4 members (excludes halogenated alkanes) is 9. The number of fused-ring (bicyclic) bond motifs is 1. The first kappa shape index (κ1) is 28.1. The van der Waals surface area contributed by atoms with E-state index in [0.717, 1.165) is 54.4 Å². The molecule has 0 spiro atoms. The van der Waals surface area contributed by atoms with Crippen LogP contribution in [0.1, 0.15) is 75.3 Å². The monoisotopic (exact) mass is 515 g/mol. The molecule has 0 aliphatic rings. The van der Waals surface area contributed by atoms with Gasteiger partial charge in [0.25, 0.3) is 0 Å². The van der Waals surface area contributed by atoms with E-state index in [4.69, 9.17) is 14.6 Å². The van der Waals surface area contributed by atoms with E-state index in [-0.39, 0.29) is 5.75 Å². The van der Waals surface area contributed by atoms with Crippen LogP contribution in [0, 0.1) is 0 Å². The molecule has 3 rings (SSSR count). The fourth-order valence-corrected chi connectivity index (χ4v) is 6.14. The Morgan fingerprint density at radius 2 is 1.31 bits per heavy atom. The van der Waals surface area contributed by atoms with Gasteiger partial charge < -0.3 is 14.6 Å². The average molecular weight is 516 g/mol. The van der Waals surface area contributed by atoms with Crippen molar-refractivity contribution in [3.05, 3.63) is 59.8 Å². The van der Waals surface area contributed by atoms with Gasteiger partial charge in [0.2, 0.25) is 10.0 Å². The van der Waals surface area contributed by atoms with Crippen LogP contribution in [0.15, 0.2) is 48.7 Å². The highest BCUT2D eigenvalue weighted by molar-refractivity contribution is 7.89. The number of nitrogens with zero attached hydrogens (tertiary/aromatic N) is 1. The zero-order valence-corrected chi connectivity index (χ0v) is 22.6. The van der Waals surface area contributed by atoms with E-state index < -0.39 is 10.0 Å². The van der Waals surface area contributed by atoms with E-state index in [1.54, 1.807) is 44.7 Å². The van der Waals surface area contributed by atoms with Gasteiger partial charge in [-0.1, -0.05) is 63.5 Å². The fraction of sp³-hybridized carbons (Fsp3) is 0.517. The highest BCUT2D eigenvalue weighted by Crippen LogP contribution is 2.29. The summed E-state index contributed by atoms with van der Waals surface area (Å²) in [5.74, 6) is 1.36. The second-order valence-electron chi connectivity index (χ2n) is 9.45. The van der Waals surface area contributed by atoms with Crippen LogP contribution in [-0.2, 0) is 22.2 Å². The summed E-state index contributed by atoms with van der Waals surface area (Å²) in [6.45, 7) is 0.306. The lowest BCUT2D eigenvalue weighted by molar-refractivity contribution is 0.282. The van der Waals surface area contributed by atoms with Crippen LogP contribution in [0.4, 0.5) is 0 Å². The molecule has 0 fully saturated rings. The lowest BCUT2D eigenvalue weighted by Gasteiger charge is -2.09. The van der Waals surface area contributed by atoms with Crippen LogP contribution in [0.3, 0.4) is 0 Å². The molecule has 198 valence electrons. The van der Waals surface area contributed by atoms with Gasteiger partial charge in [-0.25, -0.2) is 12.4 Å². The molecule has 0 unspecified atom stereocenters. The second-order valence-corrected chi connectivity index (χ2v) is 11.3. The van der Waals surface area contributed by atoms with Gasteiger partial charge in [-0.3, -0.25) is 0 Å². The molecule has 0 saturated heterocycles. The van der Waals surface area contributed by atoms with Gasteiger partial charge in [-0.05, 0) is 60.7 Å². The lowest BCUT2D eigenvalue weighted by Crippen LogP contribution is -2.14. The number of methoxy groups -OCH3 is 2. The molecule has 7 heteroatoms. The van der Waals surface area contributed by atoms with Crippen molar-refractivity contribution in [3.8, 4) is 11.5 Å². The number of aryl methyl sites for hydroxylation is 1. The van der Waals surface area contributed by atoms with Gasteiger partial charge in [0.15, 0.2) is 0 Å². The van der Waals surface area contributed by atoms with E-state index in [1.165, 1.54) is 42.5 Å². The molecule has 3 aromatic rings. The minimum atomic E-state index is -3.59. The zero-order chi connectivity index (χ0) is 25.8. The molecule has 0 atom stereocenters. The Morgan fingerprint density at radius 1 is 0.750 bits per heavy atom. The van der Waals surface area contributed by atoms with Crippen molar-refractivity contribution in [3.63, 3.8) is 0 Å². The van der Waals surface area contributed by atoms with Crippen LogP contribution >= 0.6 is 0 Å². The van der Waals surface area contributed by atoms with E-state index in [0.29, 0.717) is 17.9 Å². The molecule has 0 radical (unpaired) electrons. The number of rotatable bonds is 17. The SMILES string of the molecule is COc1ccc(CS(=O)(=O)n2cc(CCCCCCCCCCCCO)c3cc(OC)ccc32)cc1. The quantitative estimate of drug-likeness (QED) is 0.208. The van der Waals surface area contributed by atoms with Crippen molar-refractivity contribution in [1.82, 2.24) is 3.97 Å². The van der Waals surface area contributed by atoms with Crippen LogP contribution in [-0.4, -0.2) is 38.3 Å². The Balaban J connectivity index is 1.61. The summed E-state index contributed by atoms with van der Waals surface area (Å²) in [6.07, 6.45) is 14.3. The number of aliphatic hydroxyl groups excluding tert-OH is 1. The molecule has 6 nitrogen and oxygen atoms in total. The van der Waals surface area contributed by atoms with Crippen molar-refractivity contribution < 1.29 is 23.0 Å². The number of aliphatic hydroxyl groups is 1. The van der Waals surface area contributed by atoms with E-state index in [2.05, 4.69) is 0 Å². The average Bonchev–Trinajstić information content (AvgIpc) is 3.26. The summed E-state index contributed by atoms with van der Waals surface area (Å²) < 4.78 is 38.8. The number of ether oxygens (including phenoxy) is 2. The largest absolute Gasteiger partial charge is 0.497 e. The molecule has 0 amide bonds. The van der Waals surface area contributed by atoms with Gasteiger partial charge in [0.1, 0.15) is 11.5 Å². The van der Waals surface area contributed by atoms with Crippen LogP contribution in [0.2, 0.25) is 0 Å². The third-order valence-electron chi connectivity index (χ3n) is 6.72. The molecule has 0 aliphatic heterocycles. The molecular formula is C29H41NO5S. The third-order valence-corrected chi connectivity index (χ3v) is 8.32. The highest BCUT2D eigenvalue weighted by atomic mass is 32.2. The number of hydrogen-bond donors (Lipinski definition) is 1. The van der Waals surface area contributed by atoms with Crippen molar-refractivity contribution in [2.24, 2.45) is 0 Å². The Hall–Kier alpha value is -2.51. The molecule has 1 heterocycles. The highest BCUT2D eigenvalue weighted by Gasteiger charge is 2.20. The molecule has 1 aromatic heterocycles. The molecule has 0 bridgehead atoms. The van der Waals surface area contributed by atoms with Gasteiger partial charge >= 0.3 is 0 Å². The maximum Gasteiger partial charge on any atom is 0.243 e. The van der Waals surface area contributed by atoms with Crippen LogP contribution in [0.25, 0.3) is 10.9 Å². The van der Waals surface area contributed by atoms with E-state index in [9.17, 15) is 8.42 Å². The molecule has 0 saturated carbocycles. The van der Waals surface area contributed by atoms with Crippen molar-refractivity contribution in [2.75, 3.05) is 20.8 Å². The minimum absolute atomic E-state index is 0.0771. The summed E-state index contributed by atoms with van der Waals surface area (Å²) in [6, 6.07) is 12.8. The van der Waals surface area contributed by atoms with Crippen molar-refractivity contribution >= 4 is 20.9 Å². The number of hydrogen-bond acceptors (Lipinski definition) is 5. The summed E-state index contributed by atoms with van der Waals surface area (Å²) in [5, 5.41) is 9.77. The van der Waals surface area contributed by atoms with Crippen molar-refractivity contribution in [1.29, 1.82) is 0 Å². The van der Waals surface area contributed by atoms with E-state index >= 15 is 0 Å². The first-order valence-corrected chi connectivity index (χ1v) is 14.7. The zero-order valence-electron chi connectivity index (χ0n) is 21.7. The van der Waals surface area contributed by atoms with Crippen LogP contribution in [0.5, 0.6) is 11.5 Å². The lowest BCUT2D eigenvalue weighted by atomic mass is 10.0. The number of aromatic nitrogens is 1. The second kappa shape index (κ2) is 14.3. The third kappa shape index (κ3) is 8.00. The normalized spacial score (nSPS) is 11.8. The first-order chi connectivity index (χ1) is 17.5. The predicted octanol–water partition coefficient (Wildman–Crippen LogP) is 6.47. The fourth-order valence-electron chi connectivity index (χ4n) is 4.64. The van der Waals surface area contributed by atoms with Gasteiger partial charge in [-0.2, -0.15) is 0 Å². The number of benzene rings is 2. The van der Waals surface area contributed by atoms with Gasteiger partial charge in [0.05, 0.1) is 25.5 Å². The Morgan fingerprint density at radius 3 is 1.89 bits per heavy atom. The Kier molecular flexibility index (Phi) is 11.1. The summed E-state index contributed by atoms with van der Waals surface area (Å²) in [5.41, 5.74) is 2.47. The minimum Gasteiger partial charge on any atom is -0.497 e. The molecular weight excluding hydrogens is 474 g/mol. The Bertz CT molecular complexity index is 1170. The van der Waals surface area contributed by atoms with Gasteiger partial charge in [0, 0.05) is 18.2 Å². The van der Waals surface area contributed by atoms with Gasteiger partial charge in [-0.15, -0.1) is 0 Å². The topological polar surface area (TPSA) is 77.8 Å². The maximum absolute atomic E-state index is 13.4. The maximum atomic E-state index is 13.4. The van der Waals surface area contributed by atoms with Crippen LogP contribution < -0.4 is 9.47 Å². The smallest absolute Gasteiger partial charge is 0.243 e. The Labute approximate surface area is 216 Å². The summed E-state index contributed by atoms with van der Waals surface area (Å²) in [7, 11) is -0.368. The molecule has 1 N–H and O–H groups in total. The molecule has 36 heavy (non-hydrogen) atoms. The van der Waals surface area contributed by atoms with E-state index in [1.807, 2.05) is 18.2 Å². The summed E-state index contributed by atoms with van der Waals surface area (Å²) in [4.78, 5) is 0. The molecule has 0 aliphatic carbocycles. The standard InChI is InChI=1S/C29H41NO5S/c1-34-26-16-14-24(15-17-26)23-36(32,33)30-22-25(28-21-27(35-2)18-19-29(28)30)13-11-9-7-5-3-4-6-8-10-12-20-31/h14-19,21-22,31H,3-13,20,23H2,1-2H3. The summed E-state index contributed by atoms with van der Waals surface area (Å²) >= 11 is 0. The predicted molar refractivity (Wildman–Crippen MR) is 146 cm³/mol. The van der Waals surface area contributed by atoms with Crippen molar-refractivity contribution in [2.45, 2.75) is 76.4 Å².